The Morgan fingerprint density at radius 1 is 1.12 bits per heavy atom. The molecule has 0 bridgehead atoms. The van der Waals surface area contributed by atoms with Crippen LogP contribution in [-0.4, -0.2) is 49.7 Å². The molecule has 2 aromatic carbocycles. The second-order valence-electron chi connectivity index (χ2n) is 7.72. The van der Waals surface area contributed by atoms with Gasteiger partial charge < -0.3 is 13.9 Å². The van der Waals surface area contributed by atoms with Crippen molar-refractivity contribution in [2.45, 2.75) is 37.5 Å². The maximum atomic E-state index is 13.1. The molecular weight excluding hydrogens is 430 g/mol. The molecule has 1 aliphatic rings. The van der Waals surface area contributed by atoms with Crippen LogP contribution < -0.4 is 9.47 Å². The van der Waals surface area contributed by atoms with Crippen molar-refractivity contribution in [1.82, 2.24) is 14.5 Å². The Balaban J connectivity index is 1.44. The fraction of sp³-hybridized carbons (Fsp3) is 0.391. The van der Waals surface area contributed by atoms with Gasteiger partial charge in [-0.15, -0.1) is 10.2 Å². The third kappa shape index (κ3) is 4.49. The van der Waals surface area contributed by atoms with E-state index in [-0.39, 0.29) is 10.8 Å². The fourth-order valence-corrected chi connectivity index (χ4v) is 5.42. The minimum absolute atomic E-state index is 0.0235. The van der Waals surface area contributed by atoms with Crippen molar-refractivity contribution in [2.24, 2.45) is 0 Å². The normalized spacial score (nSPS) is 15.6. The average molecular weight is 458 g/mol. The lowest BCUT2D eigenvalue weighted by Crippen LogP contribution is -2.38. The second kappa shape index (κ2) is 9.30. The van der Waals surface area contributed by atoms with Gasteiger partial charge >= 0.3 is 0 Å². The molecule has 0 spiro atoms. The van der Waals surface area contributed by atoms with Crippen molar-refractivity contribution in [3.63, 3.8) is 0 Å². The number of methoxy groups -OCH3 is 1. The van der Waals surface area contributed by atoms with E-state index in [0.717, 1.165) is 11.1 Å². The highest BCUT2D eigenvalue weighted by Crippen LogP contribution is 2.33. The van der Waals surface area contributed by atoms with E-state index in [9.17, 15) is 8.42 Å². The van der Waals surface area contributed by atoms with Crippen LogP contribution in [0.2, 0.25) is 0 Å². The Morgan fingerprint density at radius 2 is 1.91 bits per heavy atom. The van der Waals surface area contributed by atoms with Gasteiger partial charge in [-0.25, -0.2) is 8.42 Å². The molecule has 1 aliphatic heterocycles. The molecule has 0 saturated carbocycles. The molecule has 1 saturated heterocycles. The molecule has 9 heteroatoms. The van der Waals surface area contributed by atoms with Crippen LogP contribution in [0.15, 0.2) is 51.8 Å². The lowest BCUT2D eigenvalue weighted by molar-refractivity contribution is 0.291. The Kier molecular flexibility index (Phi) is 6.48. The van der Waals surface area contributed by atoms with Gasteiger partial charge in [0.1, 0.15) is 11.5 Å². The van der Waals surface area contributed by atoms with E-state index in [1.54, 1.807) is 25.3 Å². The molecule has 0 amide bonds. The van der Waals surface area contributed by atoms with Crippen LogP contribution in [0.25, 0.3) is 11.5 Å². The van der Waals surface area contributed by atoms with Gasteiger partial charge in [0.05, 0.1) is 18.6 Å². The van der Waals surface area contributed by atoms with Gasteiger partial charge in [-0.05, 0) is 68.7 Å². The van der Waals surface area contributed by atoms with Crippen LogP contribution in [-0.2, 0) is 10.0 Å². The van der Waals surface area contributed by atoms with Gasteiger partial charge in [0, 0.05) is 24.6 Å². The molecule has 0 unspecified atom stereocenters. The summed E-state index contributed by atoms with van der Waals surface area (Å²) in [7, 11) is -1.96. The Bertz CT molecular complexity index is 1180. The number of rotatable bonds is 7. The Labute approximate surface area is 188 Å². The summed E-state index contributed by atoms with van der Waals surface area (Å²) in [5, 5.41) is 8.39. The van der Waals surface area contributed by atoms with Crippen LogP contribution in [0, 0.1) is 6.92 Å². The molecule has 1 fully saturated rings. The molecule has 1 aromatic heterocycles. The van der Waals surface area contributed by atoms with E-state index in [1.165, 1.54) is 4.31 Å². The minimum Gasteiger partial charge on any atom is -0.497 e. The number of aromatic nitrogens is 2. The summed E-state index contributed by atoms with van der Waals surface area (Å²) >= 11 is 0. The standard InChI is InChI=1S/C23H27N3O5S/c1-4-30-21-9-8-20(14-16(21)2)32(27,28)26-12-10-17(11-13-26)22-24-25-23(31-22)18-6-5-7-19(15-18)29-3/h5-9,14-15,17H,4,10-13H2,1-3H3. The van der Waals surface area contributed by atoms with Crippen LogP contribution >= 0.6 is 0 Å². The molecule has 32 heavy (non-hydrogen) atoms. The maximum absolute atomic E-state index is 13.1. The number of benzene rings is 2. The molecule has 3 aromatic rings. The molecule has 170 valence electrons. The first-order valence-electron chi connectivity index (χ1n) is 10.6. The topological polar surface area (TPSA) is 94.8 Å². The second-order valence-corrected chi connectivity index (χ2v) is 9.65. The largest absolute Gasteiger partial charge is 0.497 e. The van der Waals surface area contributed by atoms with Crippen molar-refractivity contribution < 1.29 is 22.3 Å². The van der Waals surface area contributed by atoms with Gasteiger partial charge in [-0.3, -0.25) is 0 Å². The molecule has 0 aliphatic carbocycles. The van der Waals surface area contributed by atoms with Crippen molar-refractivity contribution >= 4 is 10.0 Å². The van der Waals surface area contributed by atoms with Crippen LogP contribution in [0.1, 0.15) is 37.1 Å². The zero-order valence-corrected chi connectivity index (χ0v) is 19.3. The third-order valence-electron chi connectivity index (χ3n) is 5.64. The summed E-state index contributed by atoms with van der Waals surface area (Å²) in [5.41, 5.74) is 1.59. The molecule has 0 radical (unpaired) electrons. The predicted molar refractivity (Wildman–Crippen MR) is 119 cm³/mol. The molecule has 0 N–H and O–H groups in total. The Hall–Kier alpha value is -2.91. The molecular formula is C23H27N3O5S. The monoisotopic (exact) mass is 457 g/mol. The van der Waals surface area contributed by atoms with Gasteiger partial charge in [0.25, 0.3) is 0 Å². The predicted octanol–water partition coefficient (Wildman–Crippen LogP) is 4.02. The van der Waals surface area contributed by atoms with E-state index in [2.05, 4.69) is 10.2 Å². The maximum Gasteiger partial charge on any atom is 0.247 e. The lowest BCUT2D eigenvalue weighted by Gasteiger charge is -2.29. The summed E-state index contributed by atoms with van der Waals surface area (Å²) in [6.07, 6.45) is 1.24. The van der Waals surface area contributed by atoms with Crippen molar-refractivity contribution in [2.75, 3.05) is 26.8 Å². The van der Waals surface area contributed by atoms with Crippen molar-refractivity contribution in [3.05, 3.63) is 53.9 Å². The van der Waals surface area contributed by atoms with Crippen LogP contribution in [0.4, 0.5) is 0 Å². The van der Waals surface area contributed by atoms with E-state index in [0.29, 0.717) is 55.8 Å². The molecule has 2 heterocycles. The summed E-state index contributed by atoms with van der Waals surface area (Å²) in [5.74, 6) is 2.41. The fourth-order valence-electron chi connectivity index (χ4n) is 3.86. The summed E-state index contributed by atoms with van der Waals surface area (Å²) < 4.78 is 44.4. The number of nitrogens with zero attached hydrogens (tertiary/aromatic N) is 3. The van der Waals surface area contributed by atoms with Gasteiger partial charge in [0.2, 0.25) is 21.8 Å². The minimum atomic E-state index is -3.57. The van der Waals surface area contributed by atoms with Crippen molar-refractivity contribution in [3.8, 4) is 23.0 Å². The van der Waals surface area contributed by atoms with E-state index < -0.39 is 10.0 Å². The number of piperidine rings is 1. The van der Waals surface area contributed by atoms with E-state index >= 15 is 0 Å². The zero-order valence-electron chi connectivity index (χ0n) is 18.4. The SMILES string of the molecule is CCOc1ccc(S(=O)(=O)N2CCC(c3nnc(-c4cccc(OC)c4)o3)CC2)cc1C. The number of hydrogen-bond acceptors (Lipinski definition) is 7. The first-order valence-corrected chi connectivity index (χ1v) is 12.1. The average Bonchev–Trinajstić information content (AvgIpc) is 3.31. The third-order valence-corrected chi connectivity index (χ3v) is 7.54. The summed E-state index contributed by atoms with van der Waals surface area (Å²) in [6.45, 7) is 5.09. The number of ether oxygens (including phenoxy) is 2. The van der Waals surface area contributed by atoms with Gasteiger partial charge in [0.15, 0.2) is 0 Å². The first kappa shape index (κ1) is 22.3. The molecule has 8 nitrogen and oxygen atoms in total. The lowest BCUT2D eigenvalue weighted by atomic mass is 9.98. The van der Waals surface area contributed by atoms with Crippen LogP contribution in [0.3, 0.4) is 0 Å². The van der Waals surface area contributed by atoms with Crippen molar-refractivity contribution in [1.29, 1.82) is 0 Å². The molecule has 4 rings (SSSR count). The number of sulfonamides is 1. The highest BCUT2D eigenvalue weighted by Gasteiger charge is 2.32. The van der Waals surface area contributed by atoms with E-state index in [4.69, 9.17) is 13.9 Å². The summed E-state index contributed by atoms with van der Waals surface area (Å²) in [4.78, 5) is 0.287. The number of hydrogen-bond donors (Lipinski definition) is 0. The Morgan fingerprint density at radius 3 is 2.59 bits per heavy atom. The number of aryl methyl sites for hydroxylation is 1. The smallest absolute Gasteiger partial charge is 0.247 e. The van der Waals surface area contributed by atoms with E-state index in [1.807, 2.05) is 38.1 Å². The van der Waals surface area contributed by atoms with Gasteiger partial charge in [-0.2, -0.15) is 4.31 Å². The van der Waals surface area contributed by atoms with Crippen LogP contribution in [0.5, 0.6) is 11.5 Å². The quantitative estimate of drug-likeness (QED) is 0.529. The summed E-state index contributed by atoms with van der Waals surface area (Å²) in [6, 6.07) is 12.4. The highest BCUT2D eigenvalue weighted by molar-refractivity contribution is 7.89. The zero-order chi connectivity index (χ0) is 22.7. The molecule has 0 atom stereocenters. The first-order chi connectivity index (χ1) is 15.4. The van der Waals surface area contributed by atoms with Gasteiger partial charge in [-0.1, -0.05) is 6.07 Å². The highest BCUT2D eigenvalue weighted by atomic mass is 32.2.